The number of carbonyl (C=O) groups excluding carboxylic acids is 1. The number of aromatic nitrogens is 2. The Balaban J connectivity index is 1.82. The van der Waals surface area contributed by atoms with E-state index in [1.807, 2.05) is 0 Å². The fourth-order valence-corrected chi connectivity index (χ4v) is 1.98. The molecule has 0 aliphatic carbocycles. The van der Waals surface area contributed by atoms with Crippen LogP contribution >= 0.6 is 0 Å². The molecule has 0 fully saturated rings. The molecule has 0 spiro atoms. The van der Waals surface area contributed by atoms with Crippen LogP contribution in [0.4, 0.5) is 4.39 Å². The molecule has 2 rings (SSSR count). The van der Waals surface area contributed by atoms with Gasteiger partial charge in [-0.15, -0.1) is 0 Å². The van der Waals surface area contributed by atoms with E-state index in [1.54, 1.807) is 19.1 Å². The Kier molecular flexibility index (Phi) is 6.00. The van der Waals surface area contributed by atoms with E-state index in [0.717, 1.165) is 0 Å². The third-order valence-electron chi connectivity index (χ3n) is 3.35. The number of hydrogen-bond donors (Lipinski definition) is 2. The van der Waals surface area contributed by atoms with Crippen LogP contribution in [0.5, 0.6) is 0 Å². The Morgan fingerprint density at radius 1 is 1.33 bits per heavy atom. The average Bonchev–Trinajstić information content (AvgIpc) is 3.01. The zero-order valence-electron chi connectivity index (χ0n) is 13.2. The minimum absolute atomic E-state index is 0.0143. The summed E-state index contributed by atoms with van der Waals surface area (Å²) >= 11 is 0. The number of rotatable bonds is 8. The molecule has 1 aromatic carbocycles. The van der Waals surface area contributed by atoms with Crippen molar-refractivity contribution in [2.45, 2.75) is 32.6 Å². The largest absolute Gasteiger partial charge is 0.481 e. The maximum atomic E-state index is 13.5. The Labute approximate surface area is 137 Å². The van der Waals surface area contributed by atoms with Gasteiger partial charge in [0.05, 0.1) is 0 Å². The van der Waals surface area contributed by atoms with E-state index >= 15 is 0 Å². The number of aryl methyl sites for hydroxylation is 2. The Morgan fingerprint density at radius 3 is 2.83 bits per heavy atom. The number of carboxylic acid groups (broad SMARTS) is 1. The van der Waals surface area contributed by atoms with Crippen molar-refractivity contribution in [2.24, 2.45) is 0 Å². The topological polar surface area (TPSA) is 105 Å². The molecule has 2 N–H and O–H groups in total. The normalized spacial score (nSPS) is 10.6. The van der Waals surface area contributed by atoms with Crippen molar-refractivity contribution in [3.05, 3.63) is 35.5 Å². The number of carbonyl (C=O) groups is 2. The summed E-state index contributed by atoms with van der Waals surface area (Å²) in [5.41, 5.74) is 1.04. The molecule has 1 heterocycles. The van der Waals surface area contributed by atoms with Crippen LogP contribution in [0.25, 0.3) is 11.4 Å². The van der Waals surface area contributed by atoms with Crippen molar-refractivity contribution >= 4 is 11.9 Å². The first-order valence-electron chi connectivity index (χ1n) is 7.53. The SMILES string of the molecule is Cc1ccc(-c2noc(CCC(=O)NCCCC(=O)O)n2)cc1F. The highest BCUT2D eigenvalue weighted by atomic mass is 19.1. The lowest BCUT2D eigenvalue weighted by Gasteiger charge is -2.02. The van der Waals surface area contributed by atoms with E-state index < -0.39 is 5.97 Å². The summed E-state index contributed by atoms with van der Waals surface area (Å²) in [6.07, 6.45) is 0.800. The van der Waals surface area contributed by atoms with Crippen LogP contribution < -0.4 is 5.32 Å². The molecule has 0 aliphatic rings. The van der Waals surface area contributed by atoms with Gasteiger partial charge >= 0.3 is 5.97 Å². The maximum absolute atomic E-state index is 13.5. The number of nitrogens with one attached hydrogen (secondary N) is 1. The summed E-state index contributed by atoms with van der Waals surface area (Å²) in [5.74, 6) is -0.909. The number of benzene rings is 1. The van der Waals surface area contributed by atoms with Gasteiger partial charge in [-0.1, -0.05) is 17.3 Å². The van der Waals surface area contributed by atoms with Crippen molar-refractivity contribution in [3.8, 4) is 11.4 Å². The van der Waals surface area contributed by atoms with Gasteiger partial charge in [0.25, 0.3) is 0 Å². The predicted molar refractivity (Wildman–Crippen MR) is 82.6 cm³/mol. The van der Waals surface area contributed by atoms with Gasteiger partial charge < -0.3 is 14.9 Å². The second-order valence-electron chi connectivity index (χ2n) is 5.32. The van der Waals surface area contributed by atoms with Crippen LogP contribution in [-0.4, -0.2) is 33.7 Å². The van der Waals surface area contributed by atoms with Gasteiger partial charge in [-0.3, -0.25) is 9.59 Å². The van der Waals surface area contributed by atoms with E-state index in [-0.39, 0.29) is 42.7 Å². The number of hydrogen-bond acceptors (Lipinski definition) is 5. The van der Waals surface area contributed by atoms with Crippen molar-refractivity contribution in [3.63, 3.8) is 0 Å². The van der Waals surface area contributed by atoms with Crippen LogP contribution in [0.1, 0.15) is 30.7 Å². The number of halogens is 1. The molecule has 7 nitrogen and oxygen atoms in total. The van der Waals surface area contributed by atoms with Gasteiger partial charge in [-0.25, -0.2) is 4.39 Å². The van der Waals surface area contributed by atoms with Gasteiger partial charge in [0.15, 0.2) is 0 Å². The van der Waals surface area contributed by atoms with Crippen molar-refractivity contribution in [1.82, 2.24) is 15.5 Å². The maximum Gasteiger partial charge on any atom is 0.303 e. The molecule has 8 heteroatoms. The van der Waals surface area contributed by atoms with E-state index in [4.69, 9.17) is 9.63 Å². The van der Waals surface area contributed by atoms with Crippen LogP contribution in [0.3, 0.4) is 0 Å². The van der Waals surface area contributed by atoms with E-state index in [1.165, 1.54) is 6.07 Å². The minimum Gasteiger partial charge on any atom is -0.481 e. The molecular formula is C16H18FN3O4. The first kappa shape index (κ1) is 17.6. The summed E-state index contributed by atoms with van der Waals surface area (Å²) in [6.45, 7) is 1.97. The highest BCUT2D eigenvalue weighted by Gasteiger charge is 2.12. The molecule has 128 valence electrons. The lowest BCUT2D eigenvalue weighted by Crippen LogP contribution is -2.25. The summed E-state index contributed by atoms with van der Waals surface area (Å²) in [7, 11) is 0. The summed E-state index contributed by atoms with van der Waals surface area (Å²) in [4.78, 5) is 26.1. The standard InChI is InChI=1S/C16H18FN3O4/c1-10-4-5-11(9-12(10)17)16-19-14(24-20-16)7-6-13(21)18-8-2-3-15(22)23/h4-5,9H,2-3,6-8H2,1H3,(H,18,21)(H,22,23). The second kappa shape index (κ2) is 8.19. The predicted octanol–water partition coefficient (Wildman–Crippen LogP) is 2.10. The number of nitrogens with zero attached hydrogens (tertiary/aromatic N) is 2. The zero-order chi connectivity index (χ0) is 17.5. The van der Waals surface area contributed by atoms with E-state index in [0.29, 0.717) is 24.1 Å². The fraction of sp³-hybridized carbons (Fsp3) is 0.375. The third kappa shape index (κ3) is 5.15. The molecule has 0 aliphatic heterocycles. The molecule has 0 saturated heterocycles. The number of carboxylic acids is 1. The second-order valence-corrected chi connectivity index (χ2v) is 5.32. The highest BCUT2D eigenvalue weighted by Crippen LogP contribution is 2.19. The molecular weight excluding hydrogens is 317 g/mol. The van der Waals surface area contributed by atoms with Gasteiger partial charge in [-0.05, 0) is 25.0 Å². The summed E-state index contributed by atoms with van der Waals surface area (Å²) in [5, 5.41) is 14.9. The molecule has 2 aromatic rings. The molecule has 0 saturated carbocycles. The molecule has 0 radical (unpaired) electrons. The van der Waals surface area contributed by atoms with Gasteiger partial charge in [0.2, 0.25) is 17.6 Å². The van der Waals surface area contributed by atoms with Crippen LogP contribution in [0, 0.1) is 12.7 Å². The molecule has 0 atom stereocenters. The van der Waals surface area contributed by atoms with Gasteiger partial charge in [0.1, 0.15) is 5.82 Å². The number of aliphatic carboxylic acids is 1. The first-order chi connectivity index (χ1) is 11.5. The molecule has 1 amide bonds. The van der Waals surface area contributed by atoms with Crippen LogP contribution in [0.15, 0.2) is 22.7 Å². The zero-order valence-corrected chi connectivity index (χ0v) is 13.2. The van der Waals surface area contributed by atoms with Crippen molar-refractivity contribution < 1.29 is 23.6 Å². The minimum atomic E-state index is -0.893. The van der Waals surface area contributed by atoms with Crippen LogP contribution in [0.2, 0.25) is 0 Å². The van der Waals surface area contributed by atoms with Gasteiger partial charge in [-0.2, -0.15) is 4.98 Å². The fourth-order valence-electron chi connectivity index (χ4n) is 1.98. The lowest BCUT2D eigenvalue weighted by molar-refractivity contribution is -0.137. The Bertz CT molecular complexity index is 730. The highest BCUT2D eigenvalue weighted by molar-refractivity contribution is 5.76. The molecule has 0 unspecified atom stereocenters. The first-order valence-corrected chi connectivity index (χ1v) is 7.53. The number of amides is 1. The quantitative estimate of drug-likeness (QED) is 0.716. The lowest BCUT2D eigenvalue weighted by atomic mass is 10.1. The Morgan fingerprint density at radius 2 is 2.12 bits per heavy atom. The summed E-state index contributed by atoms with van der Waals surface area (Å²) in [6, 6.07) is 4.66. The van der Waals surface area contributed by atoms with Gasteiger partial charge in [0, 0.05) is 31.4 Å². The molecule has 1 aromatic heterocycles. The average molecular weight is 335 g/mol. The van der Waals surface area contributed by atoms with E-state index in [2.05, 4.69) is 15.5 Å². The smallest absolute Gasteiger partial charge is 0.303 e. The van der Waals surface area contributed by atoms with Crippen molar-refractivity contribution in [2.75, 3.05) is 6.54 Å². The van der Waals surface area contributed by atoms with Crippen molar-refractivity contribution in [1.29, 1.82) is 0 Å². The van der Waals surface area contributed by atoms with E-state index in [9.17, 15) is 14.0 Å². The molecule has 24 heavy (non-hydrogen) atoms. The summed E-state index contributed by atoms with van der Waals surface area (Å²) < 4.78 is 18.6. The monoisotopic (exact) mass is 335 g/mol. The molecule has 0 bridgehead atoms. The van der Waals surface area contributed by atoms with Crippen LogP contribution in [-0.2, 0) is 16.0 Å². The third-order valence-corrected chi connectivity index (χ3v) is 3.35. The Hall–Kier alpha value is -2.77.